The van der Waals surface area contributed by atoms with Crippen molar-refractivity contribution in [2.45, 2.75) is 39.7 Å². The summed E-state index contributed by atoms with van der Waals surface area (Å²) in [6.07, 6.45) is 6.98. The molecule has 1 aliphatic carbocycles. The fraction of sp³-hybridized carbons (Fsp3) is 0.269. The SMILES string of the molecule is CC(=O)O.COC=C1CC=Cc2ccc(C#CC(C)(C)Oc3ccc(C)cc3)cc21. The van der Waals surface area contributed by atoms with E-state index in [4.69, 9.17) is 19.4 Å². The molecule has 2 aromatic carbocycles. The molecule has 0 atom stereocenters. The van der Waals surface area contributed by atoms with E-state index in [9.17, 15) is 0 Å². The molecule has 1 aliphatic rings. The Balaban J connectivity index is 0.000000735. The predicted octanol–water partition coefficient (Wildman–Crippen LogP) is 5.70. The van der Waals surface area contributed by atoms with Crippen molar-refractivity contribution in [2.75, 3.05) is 7.11 Å². The van der Waals surface area contributed by atoms with Gasteiger partial charge >= 0.3 is 0 Å². The van der Waals surface area contributed by atoms with E-state index in [1.54, 1.807) is 7.11 Å². The highest BCUT2D eigenvalue weighted by Gasteiger charge is 2.16. The van der Waals surface area contributed by atoms with Crippen LogP contribution >= 0.6 is 0 Å². The van der Waals surface area contributed by atoms with E-state index in [0.29, 0.717) is 0 Å². The fourth-order valence-corrected chi connectivity index (χ4v) is 2.88. The van der Waals surface area contributed by atoms with Gasteiger partial charge in [-0.3, -0.25) is 4.79 Å². The molecule has 0 fully saturated rings. The lowest BCUT2D eigenvalue weighted by Gasteiger charge is -2.20. The number of carboxylic acid groups (broad SMARTS) is 1. The van der Waals surface area contributed by atoms with E-state index >= 15 is 0 Å². The van der Waals surface area contributed by atoms with Gasteiger partial charge in [0.15, 0.2) is 5.60 Å². The van der Waals surface area contributed by atoms with Crippen LogP contribution in [0.3, 0.4) is 0 Å². The fourth-order valence-electron chi connectivity index (χ4n) is 2.88. The summed E-state index contributed by atoms with van der Waals surface area (Å²) < 4.78 is 11.2. The Hall–Kier alpha value is -3.45. The number of hydrogen-bond acceptors (Lipinski definition) is 3. The molecule has 4 heteroatoms. The van der Waals surface area contributed by atoms with Crippen LogP contribution < -0.4 is 4.74 Å². The molecule has 0 spiro atoms. The Labute approximate surface area is 178 Å². The number of carboxylic acids is 1. The van der Waals surface area contributed by atoms with Crippen LogP contribution in [0.4, 0.5) is 0 Å². The number of aryl methyl sites for hydroxylation is 1. The van der Waals surface area contributed by atoms with E-state index < -0.39 is 11.6 Å². The van der Waals surface area contributed by atoms with Crippen molar-refractivity contribution in [2.24, 2.45) is 0 Å². The van der Waals surface area contributed by atoms with Gasteiger partial charge in [0, 0.05) is 12.5 Å². The maximum Gasteiger partial charge on any atom is 0.300 e. The van der Waals surface area contributed by atoms with E-state index in [-0.39, 0.29) is 0 Å². The lowest BCUT2D eigenvalue weighted by Crippen LogP contribution is -2.25. The minimum Gasteiger partial charge on any atom is -0.504 e. The maximum atomic E-state index is 9.00. The quantitative estimate of drug-likeness (QED) is 0.527. The van der Waals surface area contributed by atoms with Crippen LogP contribution in [0.1, 0.15) is 49.4 Å². The van der Waals surface area contributed by atoms with Crippen molar-refractivity contribution in [3.8, 4) is 17.6 Å². The molecule has 156 valence electrons. The Morgan fingerprint density at radius 1 is 1.17 bits per heavy atom. The molecular weight excluding hydrogens is 376 g/mol. The third-order valence-electron chi connectivity index (χ3n) is 4.20. The zero-order valence-electron chi connectivity index (χ0n) is 18.2. The van der Waals surface area contributed by atoms with Gasteiger partial charge < -0.3 is 14.6 Å². The maximum absolute atomic E-state index is 9.00. The van der Waals surface area contributed by atoms with E-state index in [2.05, 4.69) is 43.0 Å². The summed E-state index contributed by atoms with van der Waals surface area (Å²) in [6, 6.07) is 14.3. The Morgan fingerprint density at radius 3 is 2.47 bits per heavy atom. The second-order valence-corrected chi connectivity index (χ2v) is 7.48. The Bertz CT molecular complexity index is 996. The number of aliphatic carboxylic acids is 1. The molecule has 3 rings (SSSR count). The second kappa shape index (κ2) is 10.4. The van der Waals surface area contributed by atoms with Gasteiger partial charge in [0.25, 0.3) is 5.97 Å². The molecule has 0 radical (unpaired) electrons. The molecule has 1 N–H and O–H groups in total. The van der Waals surface area contributed by atoms with E-state index in [0.717, 1.165) is 24.7 Å². The third kappa shape index (κ3) is 7.18. The first-order valence-corrected chi connectivity index (χ1v) is 9.71. The molecule has 0 amide bonds. The highest BCUT2D eigenvalue weighted by atomic mass is 16.5. The number of fused-ring (bicyclic) bond motifs is 1. The summed E-state index contributed by atoms with van der Waals surface area (Å²) in [5.41, 5.74) is 5.16. The van der Waals surface area contributed by atoms with Gasteiger partial charge in [-0.05, 0) is 68.2 Å². The minimum absolute atomic E-state index is 0.573. The number of methoxy groups -OCH3 is 1. The van der Waals surface area contributed by atoms with Crippen molar-refractivity contribution < 1.29 is 19.4 Å². The molecule has 2 aromatic rings. The first kappa shape index (κ1) is 22.8. The van der Waals surface area contributed by atoms with Crippen molar-refractivity contribution in [1.29, 1.82) is 0 Å². The van der Waals surface area contributed by atoms with Gasteiger partial charge in [0.05, 0.1) is 13.4 Å². The van der Waals surface area contributed by atoms with Crippen LogP contribution in [-0.4, -0.2) is 23.8 Å². The third-order valence-corrected chi connectivity index (χ3v) is 4.20. The average Bonchev–Trinajstić information content (AvgIpc) is 2.68. The molecule has 0 unspecified atom stereocenters. The summed E-state index contributed by atoms with van der Waals surface area (Å²) in [7, 11) is 1.68. The summed E-state index contributed by atoms with van der Waals surface area (Å²) in [5, 5.41) is 7.42. The number of benzene rings is 2. The lowest BCUT2D eigenvalue weighted by molar-refractivity contribution is -0.134. The van der Waals surface area contributed by atoms with Crippen molar-refractivity contribution in [3.63, 3.8) is 0 Å². The van der Waals surface area contributed by atoms with Crippen LogP contribution in [-0.2, 0) is 9.53 Å². The Kier molecular flexibility index (Phi) is 7.89. The smallest absolute Gasteiger partial charge is 0.300 e. The molecular formula is C26H28O4. The van der Waals surface area contributed by atoms with Crippen molar-refractivity contribution in [1.82, 2.24) is 0 Å². The molecule has 0 heterocycles. The topological polar surface area (TPSA) is 55.8 Å². The highest BCUT2D eigenvalue weighted by molar-refractivity contribution is 5.79. The van der Waals surface area contributed by atoms with Crippen LogP contribution in [0.5, 0.6) is 5.75 Å². The zero-order valence-corrected chi connectivity index (χ0v) is 18.2. The summed E-state index contributed by atoms with van der Waals surface area (Å²) in [4.78, 5) is 9.00. The lowest BCUT2D eigenvalue weighted by atomic mass is 9.91. The first-order valence-electron chi connectivity index (χ1n) is 9.71. The number of carbonyl (C=O) groups is 1. The van der Waals surface area contributed by atoms with Crippen LogP contribution in [0, 0.1) is 18.8 Å². The van der Waals surface area contributed by atoms with Gasteiger partial charge in [-0.2, -0.15) is 0 Å². The Morgan fingerprint density at radius 2 is 1.83 bits per heavy atom. The average molecular weight is 405 g/mol. The molecule has 0 bridgehead atoms. The van der Waals surface area contributed by atoms with Gasteiger partial charge in [0.1, 0.15) is 5.75 Å². The van der Waals surface area contributed by atoms with Gasteiger partial charge in [0.2, 0.25) is 0 Å². The molecule has 0 saturated heterocycles. The summed E-state index contributed by atoms with van der Waals surface area (Å²) in [6.45, 7) is 7.11. The standard InChI is InChI=1S/C24H24O2.C2H4O2/c1-18-8-12-22(13-9-18)26-24(2,3)15-14-19-10-11-20-6-5-7-21(17-25-4)23(20)16-19;1-2(3)4/h5-6,8-13,16-17H,7H2,1-4H3;1H3,(H,3,4). The largest absolute Gasteiger partial charge is 0.504 e. The van der Waals surface area contributed by atoms with E-state index in [1.165, 1.54) is 22.3 Å². The highest BCUT2D eigenvalue weighted by Crippen LogP contribution is 2.29. The van der Waals surface area contributed by atoms with Crippen molar-refractivity contribution >= 4 is 17.6 Å². The van der Waals surface area contributed by atoms with Crippen molar-refractivity contribution in [3.05, 3.63) is 77.1 Å². The van der Waals surface area contributed by atoms with Gasteiger partial charge in [-0.15, -0.1) is 0 Å². The zero-order chi connectivity index (χ0) is 22.1. The summed E-state index contributed by atoms with van der Waals surface area (Å²) >= 11 is 0. The first-order chi connectivity index (χ1) is 14.2. The van der Waals surface area contributed by atoms with Crippen LogP contribution in [0.2, 0.25) is 0 Å². The van der Waals surface area contributed by atoms with Crippen LogP contribution in [0.15, 0.2) is 54.8 Å². The van der Waals surface area contributed by atoms with Gasteiger partial charge in [-0.25, -0.2) is 0 Å². The number of ether oxygens (including phenoxy) is 2. The van der Waals surface area contributed by atoms with E-state index in [1.807, 2.05) is 50.4 Å². The minimum atomic E-state index is -0.833. The number of allylic oxidation sites excluding steroid dienone is 2. The number of hydrogen-bond donors (Lipinski definition) is 1. The molecule has 4 nitrogen and oxygen atoms in total. The normalized spacial score (nSPS) is 13.3. The molecule has 0 aliphatic heterocycles. The molecule has 0 saturated carbocycles. The predicted molar refractivity (Wildman–Crippen MR) is 121 cm³/mol. The molecule has 0 aromatic heterocycles. The summed E-state index contributed by atoms with van der Waals surface area (Å²) in [5.74, 6) is 6.51. The van der Waals surface area contributed by atoms with Crippen LogP contribution in [0.25, 0.3) is 11.6 Å². The van der Waals surface area contributed by atoms with Gasteiger partial charge in [-0.1, -0.05) is 47.8 Å². The second-order valence-electron chi connectivity index (χ2n) is 7.48. The monoisotopic (exact) mass is 404 g/mol. The molecule has 30 heavy (non-hydrogen) atoms. The number of rotatable bonds is 3.